The third kappa shape index (κ3) is 3.05. The minimum atomic E-state index is -0.311. The number of nitrogens with one attached hydrogen (secondary N) is 1. The van der Waals surface area contributed by atoms with Crippen LogP contribution >= 0.6 is 0 Å². The quantitative estimate of drug-likeness (QED) is 0.800. The molecule has 0 radical (unpaired) electrons. The van der Waals surface area contributed by atoms with E-state index in [2.05, 4.69) is 5.32 Å². The second-order valence-electron chi connectivity index (χ2n) is 4.07. The summed E-state index contributed by atoms with van der Waals surface area (Å²) >= 11 is 0. The number of ether oxygens (including phenoxy) is 2. The molecule has 1 aromatic carbocycles. The molecule has 1 aliphatic heterocycles. The topological polar surface area (TPSA) is 47.6 Å². The van der Waals surface area contributed by atoms with Gasteiger partial charge in [0.05, 0.1) is 25.4 Å². The van der Waals surface area contributed by atoms with Crippen LogP contribution in [-0.2, 0) is 16.1 Å². The summed E-state index contributed by atoms with van der Waals surface area (Å²) in [5.74, 6) is -0.311. The van der Waals surface area contributed by atoms with Crippen LogP contribution in [0.25, 0.3) is 0 Å². The normalized spacial score (nSPS) is 19.2. The van der Waals surface area contributed by atoms with Crippen molar-refractivity contribution in [1.82, 2.24) is 5.32 Å². The molecule has 17 heavy (non-hydrogen) atoms. The van der Waals surface area contributed by atoms with Crippen molar-refractivity contribution >= 4 is 5.97 Å². The van der Waals surface area contributed by atoms with Gasteiger partial charge >= 0.3 is 5.97 Å². The first kappa shape index (κ1) is 12.1. The molecule has 0 spiro atoms. The largest absolute Gasteiger partial charge is 0.465 e. The Morgan fingerprint density at radius 3 is 3.00 bits per heavy atom. The van der Waals surface area contributed by atoms with E-state index in [0.29, 0.717) is 12.2 Å². The van der Waals surface area contributed by atoms with Crippen LogP contribution < -0.4 is 5.32 Å². The van der Waals surface area contributed by atoms with Crippen molar-refractivity contribution in [2.45, 2.75) is 19.1 Å². The van der Waals surface area contributed by atoms with E-state index in [4.69, 9.17) is 9.47 Å². The zero-order valence-electron chi connectivity index (χ0n) is 9.94. The van der Waals surface area contributed by atoms with E-state index in [0.717, 1.165) is 25.1 Å². The molecule has 2 rings (SSSR count). The lowest BCUT2D eigenvalue weighted by molar-refractivity contribution is 0.0498. The highest BCUT2D eigenvalue weighted by Crippen LogP contribution is 2.14. The highest BCUT2D eigenvalue weighted by molar-refractivity contribution is 5.90. The van der Waals surface area contributed by atoms with Crippen molar-refractivity contribution in [3.05, 3.63) is 35.4 Å². The van der Waals surface area contributed by atoms with Crippen molar-refractivity contribution < 1.29 is 14.3 Å². The fourth-order valence-corrected chi connectivity index (χ4v) is 1.93. The number of benzene rings is 1. The summed E-state index contributed by atoms with van der Waals surface area (Å²) < 4.78 is 10.5. The summed E-state index contributed by atoms with van der Waals surface area (Å²) in [4.78, 5) is 11.5. The van der Waals surface area contributed by atoms with Crippen molar-refractivity contribution in [3.8, 4) is 0 Å². The van der Waals surface area contributed by atoms with Gasteiger partial charge in [0.15, 0.2) is 0 Å². The Hall–Kier alpha value is -1.39. The number of carbonyl (C=O) groups is 1. The summed E-state index contributed by atoms with van der Waals surface area (Å²) in [6, 6.07) is 7.39. The van der Waals surface area contributed by atoms with Gasteiger partial charge in [0.1, 0.15) is 0 Å². The van der Waals surface area contributed by atoms with Gasteiger partial charge in [0.25, 0.3) is 0 Å². The number of rotatable bonds is 4. The second kappa shape index (κ2) is 5.80. The third-order valence-electron chi connectivity index (χ3n) is 2.91. The van der Waals surface area contributed by atoms with Crippen LogP contribution in [0, 0.1) is 0 Å². The Labute approximate surface area is 101 Å². The van der Waals surface area contributed by atoms with Crippen LogP contribution in [0.5, 0.6) is 0 Å². The molecule has 1 saturated heterocycles. The van der Waals surface area contributed by atoms with E-state index < -0.39 is 0 Å². The average molecular weight is 235 g/mol. The maximum Gasteiger partial charge on any atom is 0.338 e. The molecule has 4 nitrogen and oxygen atoms in total. The van der Waals surface area contributed by atoms with Gasteiger partial charge in [-0.25, -0.2) is 4.79 Å². The monoisotopic (exact) mass is 235 g/mol. The SMILES string of the molecule is COC(=O)c1ccccc1CO[C@@H]1CCNC1. The van der Waals surface area contributed by atoms with Gasteiger partial charge < -0.3 is 14.8 Å². The molecule has 1 atom stereocenters. The van der Waals surface area contributed by atoms with Crippen LogP contribution in [0.3, 0.4) is 0 Å². The van der Waals surface area contributed by atoms with Crippen LogP contribution in [0.2, 0.25) is 0 Å². The first-order chi connectivity index (χ1) is 8.31. The van der Waals surface area contributed by atoms with E-state index in [1.807, 2.05) is 18.2 Å². The standard InChI is InChI=1S/C13H17NO3/c1-16-13(15)12-5-3-2-4-10(12)9-17-11-6-7-14-8-11/h2-5,11,14H,6-9H2,1H3/t11-/m1/s1. The van der Waals surface area contributed by atoms with Crippen molar-refractivity contribution in [3.63, 3.8) is 0 Å². The lowest BCUT2D eigenvalue weighted by atomic mass is 10.1. The Morgan fingerprint density at radius 2 is 2.29 bits per heavy atom. The maximum atomic E-state index is 11.5. The Balaban J connectivity index is 2.01. The smallest absolute Gasteiger partial charge is 0.338 e. The summed E-state index contributed by atoms with van der Waals surface area (Å²) in [7, 11) is 1.39. The highest BCUT2D eigenvalue weighted by Gasteiger charge is 2.16. The first-order valence-corrected chi connectivity index (χ1v) is 5.80. The fourth-order valence-electron chi connectivity index (χ4n) is 1.93. The van der Waals surface area contributed by atoms with Gasteiger partial charge in [0.2, 0.25) is 0 Å². The van der Waals surface area contributed by atoms with E-state index in [-0.39, 0.29) is 12.1 Å². The predicted molar refractivity (Wildman–Crippen MR) is 63.8 cm³/mol. The zero-order valence-corrected chi connectivity index (χ0v) is 9.94. The van der Waals surface area contributed by atoms with E-state index in [9.17, 15) is 4.79 Å². The Bertz CT molecular complexity index is 386. The van der Waals surface area contributed by atoms with Gasteiger partial charge in [-0.1, -0.05) is 18.2 Å². The molecule has 92 valence electrons. The third-order valence-corrected chi connectivity index (χ3v) is 2.91. The maximum absolute atomic E-state index is 11.5. The molecule has 0 aromatic heterocycles. The second-order valence-corrected chi connectivity index (χ2v) is 4.07. The van der Waals surface area contributed by atoms with Gasteiger partial charge in [-0.05, 0) is 24.6 Å². The van der Waals surface area contributed by atoms with Crippen molar-refractivity contribution in [2.24, 2.45) is 0 Å². The fraction of sp³-hybridized carbons (Fsp3) is 0.462. The molecule has 1 fully saturated rings. The Morgan fingerprint density at radius 1 is 1.47 bits per heavy atom. The van der Waals surface area contributed by atoms with Crippen LogP contribution in [0.4, 0.5) is 0 Å². The van der Waals surface area contributed by atoms with Gasteiger partial charge in [-0.2, -0.15) is 0 Å². The number of carbonyl (C=O) groups excluding carboxylic acids is 1. The molecule has 0 amide bonds. The number of esters is 1. The lowest BCUT2D eigenvalue weighted by Crippen LogP contribution is -2.17. The molecule has 1 N–H and O–H groups in total. The average Bonchev–Trinajstić information content (AvgIpc) is 2.89. The van der Waals surface area contributed by atoms with Crippen LogP contribution in [0.1, 0.15) is 22.3 Å². The molecule has 1 aromatic rings. The van der Waals surface area contributed by atoms with Crippen LogP contribution in [0.15, 0.2) is 24.3 Å². The first-order valence-electron chi connectivity index (χ1n) is 5.80. The Kier molecular flexibility index (Phi) is 4.12. The molecule has 1 aliphatic rings. The van der Waals surface area contributed by atoms with E-state index in [1.54, 1.807) is 6.07 Å². The molecular formula is C13H17NO3. The zero-order chi connectivity index (χ0) is 12.1. The molecule has 0 unspecified atom stereocenters. The van der Waals surface area contributed by atoms with Crippen LogP contribution in [-0.4, -0.2) is 32.3 Å². The van der Waals surface area contributed by atoms with Crippen molar-refractivity contribution in [2.75, 3.05) is 20.2 Å². The molecule has 0 saturated carbocycles. The molecular weight excluding hydrogens is 218 g/mol. The van der Waals surface area contributed by atoms with Gasteiger partial charge in [-0.15, -0.1) is 0 Å². The molecule has 0 bridgehead atoms. The molecule has 0 aliphatic carbocycles. The predicted octanol–water partition coefficient (Wildman–Crippen LogP) is 1.35. The lowest BCUT2D eigenvalue weighted by Gasteiger charge is -2.12. The summed E-state index contributed by atoms with van der Waals surface area (Å²) in [6.07, 6.45) is 1.28. The van der Waals surface area contributed by atoms with E-state index in [1.165, 1.54) is 7.11 Å². The molecule has 1 heterocycles. The van der Waals surface area contributed by atoms with Gasteiger partial charge in [-0.3, -0.25) is 0 Å². The minimum Gasteiger partial charge on any atom is -0.465 e. The number of hydrogen-bond donors (Lipinski definition) is 1. The summed E-state index contributed by atoms with van der Waals surface area (Å²) in [5.41, 5.74) is 1.47. The van der Waals surface area contributed by atoms with Gasteiger partial charge in [0, 0.05) is 6.54 Å². The summed E-state index contributed by atoms with van der Waals surface area (Å²) in [6.45, 7) is 2.35. The number of hydrogen-bond acceptors (Lipinski definition) is 4. The highest BCUT2D eigenvalue weighted by atomic mass is 16.5. The minimum absolute atomic E-state index is 0.251. The summed E-state index contributed by atoms with van der Waals surface area (Å²) in [5, 5.41) is 3.24. The van der Waals surface area contributed by atoms with E-state index >= 15 is 0 Å². The van der Waals surface area contributed by atoms with Crippen molar-refractivity contribution in [1.29, 1.82) is 0 Å². The molecule has 4 heteroatoms. The number of methoxy groups -OCH3 is 1.